The van der Waals surface area contributed by atoms with Gasteiger partial charge in [0.2, 0.25) is 5.91 Å². The Morgan fingerprint density at radius 1 is 1.18 bits per heavy atom. The van der Waals surface area contributed by atoms with Crippen LogP contribution in [0.2, 0.25) is 0 Å². The highest BCUT2D eigenvalue weighted by molar-refractivity contribution is 5.90. The zero-order valence-corrected chi connectivity index (χ0v) is 23.6. The second kappa shape index (κ2) is 16.7. The molecule has 0 aliphatic carbocycles. The zero-order chi connectivity index (χ0) is 28.7. The summed E-state index contributed by atoms with van der Waals surface area (Å²) in [7, 11) is 0. The number of carbonyl (C=O) groups is 1. The van der Waals surface area contributed by atoms with E-state index in [1.54, 1.807) is 35.3 Å². The number of phenols is 1. The lowest BCUT2D eigenvalue weighted by atomic mass is 9.89. The Morgan fingerprint density at radius 2 is 1.87 bits per heavy atom. The number of para-hydroxylation sites is 1. The molecule has 1 aliphatic heterocycles. The Labute approximate surface area is 228 Å². The number of hydrogen-bond donors (Lipinski definition) is 3. The molecule has 2 rings (SSSR count). The molecule has 0 unspecified atom stereocenters. The fourth-order valence-corrected chi connectivity index (χ4v) is 3.75. The summed E-state index contributed by atoms with van der Waals surface area (Å²) in [5.41, 5.74) is 18.1. The van der Waals surface area contributed by atoms with Crippen LogP contribution >= 0.6 is 0 Å². The average molecular weight is 518 g/mol. The van der Waals surface area contributed by atoms with Gasteiger partial charge in [-0.2, -0.15) is 0 Å². The molecule has 0 radical (unpaired) electrons. The Kier molecular flexibility index (Phi) is 14.1. The molecular formula is C32H43N3O3. The SMILES string of the molecule is C=CC(=C)C(=C)C=C=C/C=C/C(=O)N(CC)CC.CC/C(CCN)=C1\C(C)=C(C)ONc2c(O)cccc21. The lowest BCUT2D eigenvalue weighted by Gasteiger charge is -2.16. The fourth-order valence-electron chi connectivity index (χ4n) is 3.75. The lowest BCUT2D eigenvalue weighted by molar-refractivity contribution is -0.125. The minimum atomic E-state index is 0.00683. The highest BCUT2D eigenvalue weighted by Crippen LogP contribution is 2.41. The molecule has 38 heavy (non-hydrogen) atoms. The second-order valence-corrected chi connectivity index (χ2v) is 8.56. The van der Waals surface area contributed by atoms with Gasteiger partial charge in [0.05, 0.1) is 0 Å². The molecule has 0 atom stereocenters. The molecule has 6 heteroatoms. The molecule has 204 valence electrons. The van der Waals surface area contributed by atoms with Crippen molar-refractivity contribution in [3.63, 3.8) is 0 Å². The van der Waals surface area contributed by atoms with E-state index in [-0.39, 0.29) is 11.7 Å². The highest BCUT2D eigenvalue weighted by Gasteiger charge is 2.21. The predicted octanol–water partition coefficient (Wildman–Crippen LogP) is 6.98. The molecule has 0 spiro atoms. The summed E-state index contributed by atoms with van der Waals surface area (Å²) in [6, 6.07) is 5.49. The second-order valence-electron chi connectivity index (χ2n) is 8.56. The van der Waals surface area contributed by atoms with Crippen LogP contribution in [0, 0.1) is 0 Å². The average Bonchev–Trinajstić information content (AvgIpc) is 3.04. The number of likely N-dealkylation sites (N-methyl/N-ethyl adjacent to an activating group) is 1. The van der Waals surface area contributed by atoms with E-state index >= 15 is 0 Å². The first-order valence-electron chi connectivity index (χ1n) is 12.9. The predicted molar refractivity (Wildman–Crippen MR) is 160 cm³/mol. The summed E-state index contributed by atoms with van der Waals surface area (Å²) in [4.78, 5) is 18.9. The molecule has 6 nitrogen and oxygen atoms in total. The minimum Gasteiger partial charge on any atom is -0.506 e. The van der Waals surface area contributed by atoms with Crippen molar-refractivity contribution >= 4 is 17.2 Å². The number of aromatic hydroxyl groups is 1. The van der Waals surface area contributed by atoms with Crippen LogP contribution in [0.25, 0.3) is 5.57 Å². The van der Waals surface area contributed by atoms with Gasteiger partial charge in [0.15, 0.2) is 0 Å². The number of nitrogens with zero attached hydrogens (tertiary/aromatic N) is 1. The van der Waals surface area contributed by atoms with Crippen molar-refractivity contribution in [2.24, 2.45) is 5.73 Å². The van der Waals surface area contributed by atoms with Crippen LogP contribution in [0.4, 0.5) is 5.69 Å². The number of nitrogens with one attached hydrogen (secondary N) is 1. The van der Waals surface area contributed by atoms with E-state index in [1.165, 1.54) is 11.6 Å². The van der Waals surface area contributed by atoms with Gasteiger partial charge in [-0.1, -0.05) is 50.4 Å². The van der Waals surface area contributed by atoms with Crippen LogP contribution in [0.1, 0.15) is 53.0 Å². The van der Waals surface area contributed by atoms with Crippen LogP contribution in [-0.2, 0) is 9.63 Å². The summed E-state index contributed by atoms with van der Waals surface area (Å²) in [6.45, 7) is 23.2. The van der Waals surface area contributed by atoms with E-state index in [0.717, 1.165) is 59.5 Å². The quantitative estimate of drug-likeness (QED) is 0.135. The number of hydrogen-bond acceptors (Lipinski definition) is 5. The van der Waals surface area contributed by atoms with Gasteiger partial charge in [-0.15, -0.1) is 5.73 Å². The zero-order valence-electron chi connectivity index (χ0n) is 23.6. The fraction of sp³-hybridized carbons (Fsp3) is 0.312. The van der Waals surface area contributed by atoms with E-state index in [1.807, 2.05) is 39.8 Å². The molecule has 0 aromatic heterocycles. The summed E-state index contributed by atoms with van der Waals surface area (Å²) in [6.07, 6.45) is 9.97. The maximum atomic E-state index is 11.6. The molecule has 0 bridgehead atoms. The normalized spacial score (nSPS) is 13.4. The number of anilines is 1. The summed E-state index contributed by atoms with van der Waals surface area (Å²) in [5, 5.41) is 10.0. The van der Waals surface area contributed by atoms with Crippen molar-refractivity contribution in [1.82, 2.24) is 4.90 Å². The van der Waals surface area contributed by atoms with Crippen LogP contribution < -0.4 is 11.2 Å². The standard InChI is InChI=1S/C16H22N2O2.C16H21NO/c1-4-12(8-9-17)15-10(2)11(3)20-18-16-13(15)6-5-7-14(16)19;1-6-14(4)15(5)12-10-9-11-13-16(18)17(7-2)8-3/h5-7,18-19H,4,8-9,17H2,1-3H3;6,9,11-13H,1,4-5,7-8H2,2-3H3/b15-12-;13-11+. The van der Waals surface area contributed by atoms with Crippen LogP contribution in [-0.4, -0.2) is 35.5 Å². The van der Waals surface area contributed by atoms with Crippen LogP contribution in [0.5, 0.6) is 5.75 Å². The molecule has 1 aromatic carbocycles. The Morgan fingerprint density at radius 3 is 2.45 bits per heavy atom. The van der Waals surface area contributed by atoms with Crippen molar-refractivity contribution in [3.05, 3.63) is 108 Å². The third kappa shape index (κ3) is 9.15. The van der Waals surface area contributed by atoms with Crippen molar-refractivity contribution < 1.29 is 14.7 Å². The first kappa shape index (κ1) is 32.0. The Balaban J connectivity index is 0.000000383. The van der Waals surface area contributed by atoms with Crippen molar-refractivity contribution in [3.8, 4) is 5.75 Å². The largest absolute Gasteiger partial charge is 0.506 e. The van der Waals surface area contributed by atoms with E-state index in [9.17, 15) is 9.90 Å². The number of phenolic OH excluding ortho intramolecular Hbond substituents is 1. The number of benzene rings is 1. The number of rotatable bonds is 10. The first-order valence-corrected chi connectivity index (χ1v) is 12.9. The molecule has 0 saturated carbocycles. The third-order valence-electron chi connectivity index (χ3n) is 6.17. The van der Waals surface area contributed by atoms with Crippen molar-refractivity contribution in [2.45, 2.75) is 47.5 Å². The van der Waals surface area contributed by atoms with Gasteiger partial charge in [-0.3, -0.25) is 4.79 Å². The van der Waals surface area contributed by atoms with Gasteiger partial charge >= 0.3 is 0 Å². The van der Waals surface area contributed by atoms with Gasteiger partial charge < -0.3 is 20.6 Å². The van der Waals surface area contributed by atoms with E-state index < -0.39 is 0 Å². The number of amides is 1. The molecule has 1 heterocycles. The van der Waals surface area contributed by atoms with E-state index in [0.29, 0.717) is 12.2 Å². The van der Waals surface area contributed by atoms with Crippen molar-refractivity contribution in [1.29, 1.82) is 0 Å². The molecule has 1 aromatic rings. The number of allylic oxidation sites excluding steroid dienone is 8. The summed E-state index contributed by atoms with van der Waals surface area (Å²) >= 11 is 0. The molecule has 0 saturated heterocycles. The smallest absolute Gasteiger partial charge is 0.246 e. The van der Waals surface area contributed by atoms with Gasteiger partial charge in [-0.25, -0.2) is 5.48 Å². The first-order chi connectivity index (χ1) is 18.2. The van der Waals surface area contributed by atoms with Gasteiger partial charge in [0, 0.05) is 24.7 Å². The minimum absolute atomic E-state index is 0.00683. The van der Waals surface area contributed by atoms with Gasteiger partial charge in [-0.05, 0) is 93.7 Å². The van der Waals surface area contributed by atoms with Crippen molar-refractivity contribution in [2.75, 3.05) is 25.1 Å². The maximum Gasteiger partial charge on any atom is 0.246 e. The van der Waals surface area contributed by atoms with Crippen LogP contribution in [0.3, 0.4) is 0 Å². The third-order valence-corrected chi connectivity index (χ3v) is 6.17. The topological polar surface area (TPSA) is 87.8 Å². The van der Waals surface area contributed by atoms with Gasteiger partial charge in [0.25, 0.3) is 0 Å². The Hall–Kier alpha value is -3.99. The number of nitrogens with two attached hydrogens (primary N) is 1. The molecular weight excluding hydrogens is 474 g/mol. The summed E-state index contributed by atoms with van der Waals surface area (Å²) in [5.74, 6) is 0.997. The summed E-state index contributed by atoms with van der Waals surface area (Å²) < 4.78 is 0. The molecule has 4 N–H and O–H groups in total. The molecule has 1 aliphatic rings. The maximum absolute atomic E-state index is 11.6. The Bertz CT molecular complexity index is 1170. The van der Waals surface area contributed by atoms with Crippen LogP contribution in [0.15, 0.2) is 102 Å². The van der Waals surface area contributed by atoms with E-state index in [4.69, 9.17) is 10.6 Å². The van der Waals surface area contributed by atoms with Gasteiger partial charge in [0.1, 0.15) is 17.2 Å². The molecule has 0 fully saturated rings. The number of fused-ring (bicyclic) bond motifs is 1. The highest BCUT2D eigenvalue weighted by atomic mass is 16.6. The lowest BCUT2D eigenvalue weighted by Crippen LogP contribution is -2.28. The number of carbonyl (C=O) groups excluding carboxylic acids is 1. The van der Waals surface area contributed by atoms with E-state index in [2.05, 4.69) is 37.9 Å². The molecule has 1 amide bonds. The monoisotopic (exact) mass is 517 g/mol.